The Hall–Kier alpha value is -2.74. The second kappa shape index (κ2) is 7.71. The predicted molar refractivity (Wildman–Crippen MR) is 108 cm³/mol. The number of amides is 1. The number of methoxy groups -OCH3 is 1. The summed E-state index contributed by atoms with van der Waals surface area (Å²) in [5, 5.41) is 11.6. The van der Waals surface area contributed by atoms with E-state index < -0.39 is 0 Å². The largest absolute Gasteiger partial charge is 0.497 e. The molecule has 0 saturated heterocycles. The number of nitrogens with one attached hydrogen (secondary N) is 1. The Bertz CT molecular complexity index is 1070. The van der Waals surface area contributed by atoms with Crippen LogP contribution in [0.1, 0.15) is 29.3 Å². The Morgan fingerprint density at radius 1 is 1.36 bits per heavy atom. The minimum absolute atomic E-state index is 0.140. The lowest BCUT2D eigenvalue weighted by Crippen LogP contribution is -2.34. The third-order valence-electron chi connectivity index (χ3n) is 5.13. The van der Waals surface area contributed by atoms with Crippen molar-refractivity contribution in [1.29, 1.82) is 0 Å². The number of aryl methyl sites for hydroxylation is 1. The van der Waals surface area contributed by atoms with E-state index in [-0.39, 0.29) is 18.0 Å². The summed E-state index contributed by atoms with van der Waals surface area (Å²) in [6, 6.07) is 7.45. The lowest BCUT2D eigenvalue weighted by molar-refractivity contribution is -0.122. The number of fused-ring (bicyclic) bond motifs is 3. The number of benzene rings is 1. The van der Waals surface area contributed by atoms with Crippen molar-refractivity contribution in [3.8, 4) is 5.75 Å². The molecule has 4 rings (SSSR count). The van der Waals surface area contributed by atoms with Crippen molar-refractivity contribution in [3.05, 3.63) is 50.6 Å². The van der Waals surface area contributed by atoms with Gasteiger partial charge in [0.15, 0.2) is 4.83 Å². The predicted octanol–water partition coefficient (Wildman–Crippen LogP) is 2.30. The molecule has 8 heteroatoms. The molecule has 28 heavy (non-hydrogen) atoms. The van der Waals surface area contributed by atoms with E-state index in [1.54, 1.807) is 18.4 Å². The van der Waals surface area contributed by atoms with E-state index in [4.69, 9.17) is 4.74 Å². The number of rotatable bonds is 5. The maximum absolute atomic E-state index is 12.9. The van der Waals surface area contributed by atoms with Crippen LogP contribution >= 0.6 is 11.3 Å². The van der Waals surface area contributed by atoms with Gasteiger partial charge in [-0.25, -0.2) is 4.68 Å². The van der Waals surface area contributed by atoms with Crippen LogP contribution in [0.5, 0.6) is 5.75 Å². The number of hydrogen-bond donors (Lipinski definition) is 1. The van der Waals surface area contributed by atoms with Crippen LogP contribution in [0.4, 0.5) is 0 Å². The third-order valence-corrected chi connectivity index (χ3v) is 6.27. The van der Waals surface area contributed by atoms with Crippen LogP contribution in [0.2, 0.25) is 0 Å². The van der Waals surface area contributed by atoms with Gasteiger partial charge in [0.05, 0.1) is 12.5 Å². The number of hydrogen-bond acceptors (Lipinski definition) is 6. The molecule has 2 heterocycles. The molecular weight excluding hydrogens is 376 g/mol. The van der Waals surface area contributed by atoms with E-state index in [0.717, 1.165) is 40.8 Å². The monoisotopic (exact) mass is 398 g/mol. The topological polar surface area (TPSA) is 86.1 Å². The molecule has 1 unspecified atom stereocenters. The van der Waals surface area contributed by atoms with Gasteiger partial charge >= 0.3 is 0 Å². The smallest absolute Gasteiger partial charge is 0.279 e. The highest BCUT2D eigenvalue weighted by molar-refractivity contribution is 7.18. The zero-order valence-corrected chi connectivity index (χ0v) is 16.7. The Balaban J connectivity index is 1.49. The summed E-state index contributed by atoms with van der Waals surface area (Å²) < 4.78 is 6.28. The summed E-state index contributed by atoms with van der Waals surface area (Å²) in [6.07, 6.45) is 2.95. The molecule has 0 saturated carbocycles. The molecule has 0 radical (unpaired) electrons. The summed E-state index contributed by atoms with van der Waals surface area (Å²) >= 11 is 1.56. The van der Waals surface area contributed by atoms with Crippen molar-refractivity contribution in [2.45, 2.75) is 39.3 Å². The van der Waals surface area contributed by atoms with Gasteiger partial charge in [-0.3, -0.25) is 9.59 Å². The molecule has 3 aromatic rings. The first kappa shape index (κ1) is 18.6. The van der Waals surface area contributed by atoms with Gasteiger partial charge in [0.1, 0.15) is 12.3 Å². The molecule has 0 bridgehead atoms. The van der Waals surface area contributed by atoms with Crippen LogP contribution in [0.15, 0.2) is 29.1 Å². The second-order valence-corrected chi connectivity index (χ2v) is 8.29. The SMILES string of the molecule is COc1ccc(CNC(=O)Cn2nnc3sc4c(c3c2=O)CCC(C)C4)cc1. The average Bonchev–Trinajstić information content (AvgIpc) is 3.07. The fraction of sp³-hybridized carbons (Fsp3) is 0.400. The minimum Gasteiger partial charge on any atom is -0.497 e. The fourth-order valence-electron chi connectivity index (χ4n) is 3.53. The molecule has 1 N–H and O–H groups in total. The van der Waals surface area contributed by atoms with E-state index in [1.807, 2.05) is 24.3 Å². The van der Waals surface area contributed by atoms with Crippen molar-refractivity contribution in [1.82, 2.24) is 20.3 Å². The molecule has 0 aliphatic heterocycles. The van der Waals surface area contributed by atoms with Crippen molar-refractivity contribution in [2.75, 3.05) is 7.11 Å². The molecule has 0 spiro atoms. The summed E-state index contributed by atoms with van der Waals surface area (Å²) in [4.78, 5) is 27.1. The van der Waals surface area contributed by atoms with Crippen LogP contribution in [0.25, 0.3) is 10.2 Å². The van der Waals surface area contributed by atoms with Gasteiger partial charge in [0, 0.05) is 11.4 Å². The maximum Gasteiger partial charge on any atom is 0.279 e. The molecule has 2 aromatic heterocycles. The van der Waals surface area contributed by atoms with Crippen LogP contribution in [0, 0.1) is 5.92 Å². The molecule has 0 fully saturated rings. The first-order valence-electron chi connectivity index (χ1n) is 9.33. The van der Waals surface area contributed by atoms with Crippen LogP contribution in [0.3, 0.4) is 0 Å². The molecule has 1 aromatic carbocycles. The van der Waals surface area contributed by atoms with Crippen molar-refractivity contribution < 1.29 is 9.53 Å². The molecule has 1 amide bonds. The number of ether oxygens (including phenoxy) is 1. The van der Waals surface area contributed by atoms with Gasteiger partial charge in [-0.2, -0.15) is 0 Å². The van der Waals surface area contributed by atoms with E-state index in [0.29, 0.717) is 22.7 Å². The maximum atomic E-state index is 12.9. The van der Waals surface area contributed by atoms with E-state index in [9.17, 15) is 9.59 Å². The number of carbonyl (C=O) groups is 1. The van der Waals surface area contributed by atoms with Crippen LogP contribution < -0.4 is 15.6 Å². The third kappa shape index (κ3) is 3.64. The number of aromatic nitrogens is 3. The zero-order chi connectivity index (χ0) is 19.7. The highest BCUT2D eigenvalue weighted by atomic mass is 32.1. The van der Waals surface area contributed by atoms with Crippen molar-refractivity contribution >= 4 is 27.5 Å². The quantitative estimate of drug-likeness (QED) is 0.713. The lowest BCUT2D eigenvalue weighted by atomic mass is 9.89. The van der Waals surface area contributed by atoms with E-state index >= 15 is 0 Å². The summed E-state index contributed by atoms with van der Waals surface area (Å²) in [7, 11) is 1.61. The lowest BCUT2D eigenvalue weighted by Gasteiger charge is -2.17. The Kier molecular flexibility index (Phi) is 5.13. The normalized spacial score (nSPS) is 16.0. The van der Waals surface area contributed by atoms with Gasteiger partial charge in [-0.15, -0.1) is 16.4 Å². The number of carbonyl (C=O) groups excluding carboxylic acids is 1. The first-order chi connectivity index (χ1) is 13.5. The van der Waals surface area contributed by atoms with Gasteiger partial charge in [0.25, 0.3) is 5.56 Å². The molecule has 1 atom stereocenters. The number of nitrogens with zero attached hydrogens (tertiary/aromatic N) is 3. The number of thiophene rings is 1. The van der Waals surface area contributed by atoms with Gasteiger partial charge in [-0.1, -0.05) is 24.3 Å². The zero-order valence-electron chi connectivity index (χ0n) is 15.9. The second-order valence-electron chi connectivity index (χ2n) is 7.21. The Morgan fingerprint density at radius 3 is 2.89 bits per heavy atom. The van der Waals surface area contributed by atoms with Gasteiger partial charge in [-0.05, 0) is 48.4 Å². The molecule has 1 aliphatic rings. The summed E-state index contributed by atoms with van der Waals surface area (Å²) in [6.45, 7) is 2.46. The van der Waals surface area contributed by atoms with Gasteiger partial charge < -0.3 is 10.1 Å². The molecule has 7 nitrogen and oxygen atoms in total. The Labute approximate surface area is 166 Å². The molecular formula is C20H22N4O3S. The standard InChI is InChI=1S/C20H22N4O3S/c1-12-3-8-15-16(9-12)28-19-18(15)20(26)24(23-22-19)11-17(25)21-10-13-4-6-14(27-2)7-5-13/h4-7,12H,3,8-11H2,1-2H3,(H,21,25). The van der Waals surface area contributed by atoms with Gasteiger partial charge in [0.2, 0.25) is 5.91 Å². The van der Waals surface area contributed by atoms with Crippen molar-refractivity contribution in [2.24, 2.45) is 5.92 Å². The minimum atomic E-state index is -0.274. The van der Waals surface area contributed by atoms with Crippen LogP contribution in [-0.4, -0.2) is 28.0 Å². The molecule has 146 valence electrons. The highest BCUT2D eigenvalue weighted by Gasteiger charge is 2.24. The van der Waals surface area contributed by atoms with E-state index in [2.05, 4.69) is 22.6 Å². The Morgan fingerprint density at radius 2 is 2.14 bits per heavy atom. The highest BCUT2D eigenvalue weighted by Crippen LogP contribution is 2.35. The fourth-order valence-corrected chi connectivity index (χ4v) is 4.85. The average molecular weight is 398 g/mol. The van der Waals surface area contributed by atoms with E-state index in [1.165, 1.54) is 4.88 Å². The summed E-state index contributed by atoms with van der Waals surface area (Å²) in [5.74, 6) is 1.11. The molecule has 1 aliphatic carbocycles. The summed E-state index contributed by atoms with van der Waals surface area (Å²) in [5.41, 5.74) is 1.83. The van der Waals surface area contributed by atoms with Crippen molar-refractivity contribution in [3.63, 3.8) is 0 Å². The first-order valence-corrected chi connectivity index (χ1v) is 10.1. The van der Waals surface area contributed by atoms with Crippen LogP contribution in [-0.2, 0) is 30.7 Å².